The van der Waals surface area contributed by atoms with Gasteiger partial charge in [-0.1, -0.05) is 6.92 Å². The molecule has 0 spiro atoms. The van der Waals surface area contributed by atoms with Crippen molar-refractivity contribution < 1.29 is 15.0 Å². The fraction of sp³-hybridized carbons (Fsp3) is 0.923. The minimum atomic E-state index is -0.312. The normalized spacial score (nSPS) is 40.7. The number of likely N-dealkylation sites (tertiary alicyclic amines) is 1. The van der Waals surface area contributed by atoms with Crippen LogP contribution >= 0.6 is 0 Å². The predicted octanol–water partition coefficient (Wildman–Crippen LogP) is 0.665. The quantitative estimate of drug-likeness (QED) is 0.748. The van der Waals surface area contributed by atoms with Crippen LogP contribution in [0.5, 0.6) is 0 Å². The first-order chi connectivity index (χ1) is 7.99. The maximum Gasteiger partial charge on any atom is 0.175 e. The molecule has 2 unspecified atom stereocenters. The summed E-state index contributed by atoms with van der Waals surface area (Å²) in [6, 6.07) is -0.0440. The summed E-state index contributed by atoms with van der Waals surface area (Å²) in [5, 5.41) is 15.9. The molecular weight excluding hydrogens is 218 g/mol. The van der Waals surface area contributed by atoms with E-state index < -0.39 is 0 Å². The van der Waals surface area contributed by atoms with Crippen LogP contribution in [0, 0.1) is 11.8 Å². The fourth-order valence-electron chi connectivity index (χ4n) is 3.71. The molecule has 2 fully saturated rings. The molecule has 1 aliphatic carbocycles. The van der Waals surface area contributed by atoms with Crippen LogP contribution in [-0.4, -0.2) is 53.2 Å². The smallest absolute Gasteiger partial charge is 0.175 e. The first kappa shape index (κ1) is 14.6. The first-order valence-corrected chi connectivity index (χ1v) is 6.30. The number of hydrogen-bond donors (Lipinski definition) is 2. The lowest BCUT2D eigenvalue weighted by atomic mass is 9.90. The molecule has 0 aromatic rings. The predicted molar refractivity (Wildman–Crippen MR) is 66.7 cm³/mol. The molecule has 4 atom stereocenters. The largest absolute Gasteiger partial charge is 0.400 e. The van der Waals surface area contributed by atoms with Gasteiger partial charge in [-0.05, 0) is 45.1 Å². The maximum atomic E-state index is 11.6. The van der Waals surface area contributed by atoms with E-state index in [1.165, 1.54) is 12.8 Å². The SMILES string of the molecule is CC1C[C@H]2CC(C(=O)CO)N(C)[C@@]2(C)C1.CO. The van der Waals surface area contributed by atoms with Crippen molar-refractivity contribution in [3.05, 3.63) is 0 Å². The van der Waals surface area contributed by atoms with Gasteiger partial charge in [0.15, 0.2) is 5.78 Å². The van der Waals surface area contributed by atoms with E-state index >= 15 is 0 Å². The number of rotatable bonds is 2. The van der Waals surface area contributed by atoms with Crippen molar-refractivity contribution in [1.29, 1.82) is 0 Å². The number of aliphatic hydroxyl groups is 2. The van der Waals surface area contributed by atoms with Gasteiger partial charge >= 0.3 is 0 Å². The molecule has 17 heavy (non-hydrogen) atoms. The van der Waals surface area contributed by atoms with Gasteiger partial charge in [-0.3, -0.25) is 9.69 Å². The Labute approximate surface area is 104 Å². The Morgan fingerprint density at radius 3 is 2.47 bits per heavy atom. The van der Waals surface area contributed by atoms with Crippen molar-refractivity contribution in [3.63, 3.8) is 0 Å². The second-order valence-corrected chi connectivity index (χ2v) is 5.59. The zero-order chi connectivity index (χ0) is 13.2. The van der Waals surface area contributed by atoms with Crippen molar-refractivity contribution in [3.8, 4) is 0 Å². The van der Waals surface area contributed by atoms with Crippen LogP contribution in [0.2, 0.25) is 0 Å². The van der Waals surface area contributed by atoms with Gasteiger partial charge in [0.2, 0.25) is 0 Å². The van der Waals surface area contributed by atoms with E-state index in [-0.39, 0.29) is 24.0 Å². The van der Waals surface area contributed by atoms with Gasteiger partial charge in [0.1, 0.15) is 6.61 Å². The summed E-state index contributed by atoms with van der Waals surface area (Å²) in [7, 11) is 3.04. The van der Waals surface area contributed by atoms with Gasteiger partial charge in [-0.25, -0.2) is 0 Å². The summed E-state index contributed by atoms with van der Waals surface area (Å²) in [4.78, 5) is 13.8. The number of carbonyl (C=O) groups excluding carboxylic acids is 1. The van der Waals surface area contributed by atoms with Crippen LogP contribution in [0.1, 0.15) is 33.1 Å². The summed E-state index contributed by atoms with van der Waals surface area (Å²) in [5.41, 5.74) is 0.189. The van der Waals surface area contributed by atoms with Crippen LogP contribution in [0.25, 0.3) is 0 Å². The molecule has 2 rings (SSSR count). The summed E-state index contributed by atoms with van der Waals surface area (Å²) >= 11 is 0. The summed E-state index contributed by atoms with van der Waals surface area (Å²) in [6.07, 6.45) is 3.36. The minimum Gasteiger partial charge on any atom is -0.400 e. The van der Waals surface area contributed by atoms with Gasteiger partial charge < -0.3 is 10.2 Å². The molecule has 0 aromatic heterocycles. The molecule has 0 aromatic carbocycles. The molecule has 2 N–H and O–H groups in total. The van der Waals surface area contributed by atoms with Crippen molar-refractivity contribution in [2.24, 2.45) is 11.8 Å². The monoisotopic (exact) mass is 243 g/mol. The van der Waals surface area contributed by atoms with Crippen LogP contribution in [0.4, 0.5) is 0 Å². The Morgan fingerprint density at radius 2 is 2.00 bits per heavy atom. The summed E-state index contributed by atoms with van der Waals surface area (Å²) < 4.78 is 0. The maximum absolute atomic E-state index is 11.6. The van der Waals surface area contributed by atoms with Crippen molar-refractivity contribution in [1.82, 2.24) is 4.90 Å². The van der Waals surface area contributed by atoms with Crippen LogP contribution < -0.4 is 0 Å². The second-order valence-electron chi connectivity index (χ2n) is 5.59. The Bertz CT molecular complexity index is 282. The van der Waals surface area contributed by atoms with E-state index in [1.54, 1.807) is 0 Å². The van der Waals surface area contributed by atoms with Crippen LogP contribution in [-0.2, 0) is 4.79 Å². The Balaban J connectivity index is 0.000000686. The second kappa shape index (κ2) is 5.46. The summed E-state index contributed by atoms with van der Waals surface area (Å²) in [6.45, 7) is 4.25. The molecule has 1 saturated heterocycles. The zero-order valence-electron chi connectivity index (χ0n) is 11.3. The number of aliphatic hydroxyl groups excluding tert-OH is 2. The number of likely N-dealkylation sites (N-methyl/N-ethyl adjacent to an activating group) is 1. The number of Topliss-reactive ketones (excluding diaryl/α,β-unsaturated/α-hetero) is 1. The molecule has 0 radical (unpaired) electrons. The molecule has 4 nitrogen and oxygen atoms in total. The third kappa shape index (κ3) is 2.39. The van der Waals surface area contributed by atoms with Crippen LogP contribution in [0.3, 0.4) is 0 Å². The average molecular weight is 243 g/mol. The highest BCUT2D eigenvalue weighted by Gasteiger charge is 2.54. The molecule has 4 heteroatoms. The average Bonchev–Trinajstić information content (AvgIpc) is 2.73. The highest BCUT2D eigenvalue weighted by molar-refractivity contribution is 5.85. The lowest BCUT2D eigenvalue weighted by molar-refractivity contribution is -0.126. The standard InChI is InChI=1S/C12H21NO2.CH4O/c1-8-4-9-5-10(11(15)7-14)13(3)12(9,2)6-8;1-2/h8-10,14H,4-7H2,1-3H3;2H,1H3/t8?,9-,10?,12-;/m0./s1. The fourth-order valence-corrected chi connectivity index (χ4v) is 3.71. The molecule has 1 aliphatic heterocycles. The molecule has 2 aliphatic rings. The van der Waals surface area contributed by atoms with Gasteiger partial charge in [0.05, 0.1) is 6.04 Å². The van der Waals surface area contributed by atoms with Crippen molar-refractivity contribution in [2.45, 2.75) is 44.7 Å². The highest BCUT2D eigenvalue weighted by atomic mass is 16.3. The van der Waals surface area contributed by atoms with Crippen molar-refractivity contribution in [2.75, 3.05) is 20.8 Å². The lowest BCUT2D eigenvalue weighted by Crippen LogP contribution is -2.46. The third-order valence-electron chi connectivity index (χ3n) is 4.64. The highest BCUT2D eigenvalue weighted by Crippen LogP contribution is 2.51. The number of hydrogen-bond acceptors (Lipinski definition) is 4. The van der Waals surface area contributed by atoms with Gasteiger partial charge in [0.25, 0.3) is 0 Å². The number of nitrogens with zero attached hydrogens (tertiary/aromatic N) is 1. The number of fused-ring (bicyclic) bond motifs is 1. The molecule has 0 amide bonds. The molecule has 100 valence electrons. The topological polar surface area (TPSA) is 60.8 Å². The molecular formula is C13H25NO3. The van der Waals surface area contributed by atoms with E-state index in [9.17, 15) is 4.79 Å². The van der Waals surface area contributed by atoms with Crippen LogP contribution in [0.15, 0.2) is 0 Å². The first-order valence-electron chi connectivity index (χ1n) is 6.30. The van der Waals surface area contributed by atoms with E-state index in [1.807, 2.05) is 7.05 Å². The Kier molecular flexibility index (Phi) is 4.69. The Morgan fingerprint density at radius 1 is 1.41 bits per heavy atom. The Hall–Kier alpha value is -0.450. The molecule has 1 saturated carbocycles. The zero-order valence-corrected chi connectivity index (χ0v) is 11.3. The molecule has 0 bridgehead atoms. The number of ketones is 1. The minimum absolute atomic E-state index is 0.0132. The van der Waals surface area contributed by atoms with Gasteiger partial charge in [0, 0.05) is 12.6 Å². The van der Waals surface area contributed by atoms with Gasteiger partial charge in [-0.15, -0.1) is 0 Å². The van der Waals surface area contributed by atoms with Crippen molar-refractivity contribution >= 4 is 5.78 Å². The van der Waals surface area contributed by atoms with E-state index in [0.717, 1.165) is 19.4 Å². The van der Waals surface area contributed by atoms with E-state index in [0.29, 0.717) is 5.92 Å². The number of carbonyl (C=O) groups is 1. The van der Waals surface area contributed by atoms with Gasteiger partial charge in [-0.2, -0.15) is 0 Å². The van der Waals surface area contributed by atoms with E-state index in [4.69, 9.17) is 10.2 Å². The third-order valence-corrected chi connectivity index (χ3v) is 4.64. The molecule has 1 heterocycles. The lowest BCUT2D eigenvalue weighted by Gasteiger charge is -2.34. The van der Waals surface area contributed by atoms with E-state index in [2.05, 4.69) is 18.7 Å². The summed E-state index contributed by atoms with van der Waals surface area (Å²) in [5.74, 6) is 1.39.